The SMILES string of the molecule is Cc1n[nH]c(C)c1NC(=O)C[C@H]1CN(Cc2ccccc2)CCO1. The van der Waals surface area contributed by atoms with Crippen molar-refractivity contribution in [3.63, 3.8) is 0 Å². The van der Waals surface area contributed by atoms with E-state index in [1.54, 1.807) is 0 Å². The van der Waals surface area contributed by atoms with E-state index in [9.17, 15) is 4.79 Å². The second-order valence-electron chi connectivity index (χ2n) is 6.27. The van der Waals surface area contributed by atoms with Crippen LogP contribution in [-0.2, 0) is 16.1 Å². The molecule has 2 heterocycles. The predicted octanol–water partition coefficient (Wildman–Crippen LogP) is 2.26. The van der Waals surface area contributed by atoms with Crippen molar-refractivity contribution in [2.75, 3.05) is 25.0 Å². The maximum Gasteiger partial charge on any atom is 0.227 e. The molecule has 1 fully saturated rings. The van der Waals surface area contributed by atoms with Crippen LogP contribution in [0.25, 0.3) is 0 Å². The maximum atomic E-state index is 12.3. The van der Waals surface area contributed by atoms with Crippen molar-refractivity contribution < 1.29 is 9.53 Å². The van der Waals surface area contributed by atoms with Crippen molar-refractivity contribution in [3.05, 3.63) is 47.3 Å². The molecule has 6 nitrogen and oxygen atoms in total. The Labute approximate surface area is 142 Å². The van der Waals surface area contributed by atoms with Crippen LogP contribution in [-0.4, -0.2) is 46.8 Å². The highest BCUT2D eigenvalue weighted by molar-refractivity contribution is 5.92. The lowest BCUT2D eigenvalue weighted by atomic mass is 10.1. The fraction of sp³-hybridized carbons (Fsp3) is 0.444. The van der Waals surface area contributed by atoms with Crippen LogP contribution in [0.5, 0.6) is 0 Å². The first-order chi connectivity index (χ1) is 11.6. The van der Waals surface area contributed by atoms with Crippen LogP contribution in [0.3, 0.4) is 0 Å². The van der Waals surface area contributed by atoms with Gasteiger partial charge in [0, 0.05) is 19.6 Å². The standard InChI is InChI=1S/C18H24N4O2/c1-13-18(14(2)21-20-13)19-17(23)10-16-12-22(8-9-24-16)11-15-6-4-3-5-7-15/h3-7,16H,8-12H2,1-2H3,(H,19,23)(H,20,21)/t16-/m0/s1. The van der Waals surface area contributed by atoms with Gasteiger partial charge in [-0.25, -0.2) is 0 Å². The highest BCUT2D eigenvalue weighted by Crippen LogP contribution is 2.18. The molecule has 1 amide bonds. The Balaban J connectivity index is 1.52. The van der Waals surface area contributed by atoms with Gasteiger partial charge in [-0.2, -0.15) is 5.10 Å². The summed E-state index contributed by atoms with van der Waals surface area (Å²) >= 11 is 0. The summed E-state index contributed by atoms with van der Waals surface area (Å²) in [5.41, 5.74) is 3.73. The topological polar surface area (TPSA) is 70.2 Å². The second kappa shape index (κ2) is 7.59. The van der Waals surface area contributed by atoms with E-state index in [1.165, 1.54) is 5.56 Å². The minimum absolute atomic E-state index is 0.0332. The zero-order valence-electron chi connectivity index (χ0n) is 14.2. The van der Waals surface area contributed by atoms with E-state index in [-0.39, 0.29) is 12.0 Å². The van der Waals surface area contributed by atoms with Crippen molar-refractivity contribution in [1.82, 2.24) is 15.1 Å². The Morgan fingerprint density at radius 3 is 2.88 bits per heavy atom. The van der Waals surface area contributed by atoms with Gasteiger partial charge >= 0.3 is 0 Å². The smallest absolute Gasteiger partial charge is 0.227 e. The molecule has 6 heteroatoms. The molecule has 3 rings (SSSR count). The number of amides is 1. The molecule has 1 aromatic heterocycles. The lowest BCUT2D eigenvalue weighted by molar-refractivity contribution is -0.121. The number of rotatable bonds is 5. The molecule has 1 aliphatic heterocycles. The summed E-state index contributed by atoms with van der Waals surface area (Å²) in [6.07, 6.45) is 0.282. The minimum atomic E-state index is -0.0741. The van der Waals surface area contributed by atoms with E-state index in [0.717, 1.165) is 36.7 Å². The minimum Gasteiger partial charge on any atom is -0.375 e. The first-order valence-electron chi connectivity index (χ1n) is 8.31. The molecular weight excluding hydrogens is 304 g/mol. The first kappa shape index (κ1) is 16.7. The number of nitrogens with zero attached hydrogens (tertiary/aromatic N) is 2. The molecule has 0 spiro atoms. The summed E-state index contributed by atoms with van der Waals surface area (Å²) in [6.45, 7) is 6.99. The van der Waals surface area contributed by atoms with Gasteiger partial charge in [-0.05, 0) is 19.4 Å². The largest absolute Gasteiger partial charge is 0.375 e. The summed E-state index contributed by atoms with van der Waals surface area (Å²) in [5.74, 6) is -0.0332. The number of aryl methyl sites for hydroxylation is 2. The maximum absolute atomic E-state index is 12.3. The zero-order valence-corrected chi connectivity index (χ0v) is 14.2. The van der Waals surface area contributed by atoms with Gasteiger partial charge in [0.1, 0.15) is 0 Å². The number of morpholine rings is 1. The lowest BCUT2D eigenvalue weighted by Crippen LogP contribution is -2.43. The molecule has 0 aliphatic carbocycles. The normalized spacial score (nSPS) is 18.5. The zero-order chi connectivity index (χ0) is 16.9. The molecule has 0 unspecified atom stereocenters. The van der Waals surface area contributed by atoms with Gasteiger partial charge < -0.3 is 10.1 Å². The molecule has 2 N–H and O–H groups in total. The fourth-order valence-electron chi connectivity index (χ4n) is 3.02. The third kappa shape index (κ3) is 4.21. The Kier molecular flexibility index (Phi) is 5.27. The van der Waals surface area contributed by atoms with Crippen LogP contribution >= 0.6 is 0 Å². The Bertz CT molecular complexity index is 664. The molecule has 2 aromatic rings. The fourth-order valence-corrected chi connectivity index (χ4v) is 3.02. The van der Waals surface area contributed by atoms with E-state index in [0.29, 0.717) is 13.0 Å². The summed E-state index contributed by atoms with van der Waals surface area (Å²) in [7, 11) is 0. The van der Waals surface area contributed by atoms with Crippen molar-refractivity contribution >= 4 is 11.6 Å². The average Bonchev–Trinajstić information content (AvgIpc) is 2.88. The molecule has 128 valence electrons. The number of H-pyrrole nitrogens is 1. The molecule has 24 heavy (non-hydrogen) atoms. The number of carbonyl (C=O) groups is 1. The molecule has 1 aliphatic rings. The van der Waals surface area contributed by atoms with Gasteiger partial charge in [0.2, 0.25) is 5.91 Å². The summed E-state index contributed by atoms with van der Waals surface area (Å²) in [5, 5.41) is 9.91. The monoisotopic (exact) mass is 328 g/mol. The lowest BCUT2D eigenvalue weighted by Gasteiger charge is -2.32. The van der Waals surface area contributed by atoms with Crippen LogP contribution < -0.4 is 5.32 Å². The number of aromatic nitrogens is 2. The Hall–Kier alpha value is -2.18. The van der Waals surface area contributed by atoms with Crippen LogP contribution in [0.2, 0.25) is 0 Å². The van der Waals surface area contributed by atoms with E-state index in [2.05, 4.69) is 44.7 Å². The summed E-state index contributed by atoms with van der Waals surface area (Å²) < 4.78 is 5.77. The number of ether oxygens (including phenoxy) is 1. The number of benzene rings is 1. The van der Waals surface area contributed by atoms with Crippen LogP contribution in [0.4, 0.5) is 5.69 Å². The van der Waals surface area contributed by atoms with E-state index >= 15 is 0 Å². The van der Waals surface area contributed by atoms with Crippen LogP contribution in [0, 0.1) is 13.8 Å². The predicted molar refractivity (Wildman–Crippen MR) is 92.8 cm³/mol. The van der Waals surface area contributed by atoms with Gasteiger partial charge in [0.15, 0.2) is 0 Å². The van der Waals surface area contributed by atoms with Gasteiger partial charge in [-0.1, -0.05) is 30.3 Å². The van der Waals surface area contributed by atoms with Gasteiger partial charge in [-0.15, -0.1) is 0 Å². The van der Waals surface area contributed by atoms with Crippen LogP contribution in [0.15, 0.2) is 30.3 Å². The third-order valence-electron chi connectivity index (χ3n) is 4.28. The molecule has 1 aromatic carbocycles. The highest BCUT2D eigenvalue weighted by atomic mass is 16.5. The highest BCUT2D eigenvalue weighted by Gasteiger charge is 2.23. The second-order valence-corrected chi connectivity index (χ2v) is 6.27. The molecule has 0 radical (unpaired) electrons. The van der Waals surface area contributed by atoms with E-state index in [4.69, 9.17) is 4.74 Å². The molecule has 0 bridgehead atoms. The molecular formula is C18H24N4O2. The quantitative estimate of drug-likeness (QED) is 0.883. The van der Waals surface area contributed by atoms with Gasteiger partial charge in [0.05, 0.1) is 36.2 Å². The van der Waals surface area contributed by atoms with E-state index < -0.39 is 0 Å². The summed E-state index contributed by atoms with van der Waals surface area (Å²) in [4.78, 5) is 14.6. The number of aromatic amines is 1. The Morgan fingerprint density at radius 2 is 2.17 bits per heavy atom. The average molecular weight is 328 g/mol. The third-order valence-corrected chi connectivity index (χ3v) is 4.28. The molecule has 1 atom stereocenters. The number of hydrogen-bond donors (Lipinski definition) is 2. The van der Waals surface area contributed by atoms with Crippen molar-refractivity contribution in [2.45, 2.75) is 32.9 Å². The van der Waals surface area contributed by atoms with Crippen LogP contribution in [0.1, 0.15) is 23.4 Å². The summed E-state index contributed by atoms with van der Waals surface area (Å²) in [6, 6.07) is 10.4. The number of hydrogen-bond acceptors (Lipinski definition) is 4. The van der Waals surface area contributed by atoms with Crippen molar-refractivity contribution in [2.24, 2.45) is 0 Å². The first-order valence-corrected chi connectivity index (χ1v) is 8.31. The molecule has 0 saturated carbocycles. The van der Waals surface area contributed by atoms with Crippen molar-refractivity contribution in [3.8, 4) is 0 Å². The number of nitrogens with one attached hydrogen (secondary N) is 2. The number of anilines is 1. The van der Waals surface area contributed by atoms with Gasteiger partial charge in [0.25, 0.3) is 0 Å². The number of carbonyl (C=O) groups excluding carboxylic acids is 1. The van der Waals surface area contributed by atoms with E-state index in [1.807, 2.05) is 19.9 Å². The van der Waals surface area contributed by atoms with Gasteiger partial charge in [-0.3, -0.25) is 14.8 Å². The Morgan fingerprint density at radius 1 is 1.38 bits per heavy atom. The molecule has 1 saturated heterocycles. The van der Waals surface area contributed by atoms with Crippen molar-refractivity contribution in [1.29, 1.82) is 0 Å².